The minimum absolute atomic E-state index is 0.0942. The second-order valence-corrected chi connectivity index (χ2v) is 8.85. The molecule has 0 fully saturated rings. The Morgan fingerprint density at radius 2 is 1.62 bits per heavy atom. The number of nitrogens with zero attached hydrogens (tertiary/aromatic N) is 1. The van der Waals surface area contributed by atoms with Crippen LogP contribution in [0.2, 0.25) is 0 Å². The van der Waals surface area contributed by atoms with Gasteiger partial charge in [-0.2, -0.15) is 0 Å². The van der Waals surface area contributed by atoms with Crippen molar-refractivity contribution in [2.24, 2.45) is 0 Å². The van der Waals surface area contributed by atoms with Crippen molar-refractivity contribution < 1.29 is 13.2 Å². The second-order valence-electron chi connectivity index (χ2n) is 7.08. The highest BCUT2D eigenvalue weighted by Gasteiger charge is 2.23. The molecule has 0 saturated carbocycles. The Morgan fingerprint density at radius 3 is 2.41 bits per heavy atom. The zero-order valence-corrected chi connectivity index (χ0v) is 16.7. The van der Waals surface area contributed by atoms with Gasteiger partial charge >= 0.3 is 0 Å². The summed E-state index contributed by atoms with van der Waals surface area (Å²) in [5.41, 5.74) is 3.65. The smallest absolute Gasteiger partial charge is 0.254 e. The highest BCUT2D eigenvalue weighted by Crippen LogP contribution is 2.21. The Labute approximate surface area is 171 Å². The van der Waals surface area contributed by atoms with Gasteiger partial charge in [0, 0.05) is 25.2 Å². The van der Waals surface area contributed by atoms with Crippen LogP contribution < -0.4 is 4.72 Å². The highest BCUT2D eigenvalue weighted by molar-refractivity contribution is 7.89. The SMILES string of the molecule is O=C(c1cccc(S(=O)(=O)NCc2ccccc2)c1)N1CCc2ccccc2C1. The largest absolute Gasteiger partial charge is 0.334 e. The number of fused-ring (bicyclic) bond motifs is 1. The van der Waals surface area contributed by atoms with Crippen LogP contribution in [0.5, 0.6) is 0 Å². The van der Waals surface area contributed by atoms with Gasteiger partial charge in [-0.3, -0.25) is 4.79 Å². The lowest BCUT2D eigenvalue weighted by Gasteiger charge is -2.29. The topological polar surface area (TPSA) is 66.5 Å². The molecule has 1 aliphatic rings. The molecule has 0 saturated heterocycles. The van der Waals surface area contributed by atoms with Crippen LogP contribution in [0, 0.1) is 0 Å². The first-order chi connectivity index (χ1) is 14.0. The second kappa shape index (κ2) is 8.19. The molecular weight excluding hydrogens is 384 g/mol. The van der Waals surface area contributed by atoms with Gasteiger partial charge in [-0.1, -0.05) is 60.7 Å². The van der Waals surface area contributed by atoms with Gasteiger partial charge in [0.25, 0.3) is 5.91 Å². The molecule has 5 nitrogen and oxygen atoms in total. The maximum atomic E-state index is 13.0. The van der Waals surface area contributed by atoms with E-state index in [4.69, 9.17) is 0 Å². The summed E-state index contributed by atoms with van der Waals surface area (Å²) in [7, 11) is -3.71. The molecule has 0 aliphatic carbocycles. The summed E-state index contributed by atoms with van der Waals surface area (Å²) >= 11 is 0. The highest BCUT2D eigenvalue weighted by atomic mass is 32.2. The molecule has 1 amide bonds. The number of carbonyl (C=O) groups excluding carboxylic acids is 1. The van der Waals surface area contributed by atoms with Crippen molar-refractivity contribution >= 4 is 15.9 Å². The number of hydrogen-bond donors (Lipinski definition) is 1. The minimum Gasteiger partial charge on any atom is -0.334 e. The molecule has 4 rings (SSSR count). The Kier molecular flexibility index (Phi) is 5.47. The Morgan fingerprint density at radius 1 is 0.897 bits per heavy atom. The molecule has 6 heteroatoms. The van der Waals surface area contributed by atoms with Crippen molar-refractivity contribution in [1.29, 1.82) is 0 Å². The van der Waals surface area contributed by atoms with Crippen LogP contribution in [0.4, 0.5) is 0 Å². The van der Waals surface area contributed by atoms with Gasteiger partial charge < -0.3 is 4.90 Å². The van der Waals surface area contributed by atoms with E-state index < -0.39 is 10.0 Å². The summed E-state index contributed by atoms with van der Waals surface area (Å²) in [5, 5.41) is 0. The number of amides is 1. The lowest BCUT2D eigenvalue weighted by atomic mass is 9.99. The zero-order chi connectivity index (χ0) is 20.3. The molecule has 1 aliphatic heterocycles. The summed E-state index contributed by atoms with van der Waals surface area (Å²) in [6.07, 6.45) is 0.804. The molecule has 0 aromatic heterocycles. The first kappa shape index (κ1) is 19.4. The van der Waals surface area contributed by atoms with E-state index in [1.807, 2.05) is 48.5 Å². The number of sulfonamides is 1. The van der Waals surface area contributed by atoms with Crippen LogP contribution >= 0.6 is 0 Å². The van der Waals surface area contributed by atoms with Crippen LogP contribution in [-0.2, 0) is 29.5 Å². The van der Waals surface area contributed by atoms with Gasteiger partial charge in [-0.05, 0) is 41.3 Å². The standard InChI is InChI=1S/C23H22N2O3S/c26-23(25-14-13-19-9-4-5-10-21(19)17-25)20-11-6-12-22(15-20)29(27,28)24-16-18-7-2-1-3-8-18/h1-12,15,24H,13-14,16-17H2. The molecule has 148 valence electrons. The van der Waals surface area contributed by atoms with Gasteiger partial charge in [0.05, 0.1) is 4.90 Å². The Balaban J connectivity index is 1.50. The molecule has 3 aromatic rings. The van der Waals surface area contributed by atoms with Crippen LogP contribution in [-0.4, -0.2) is 25.8 Å². The van der Waals surface area contributed by atoms with E-state index in [0.717, 1.165) is 17.5 Å². The van der Waals surface area contributed by atoms with E-state index >= 15 is 0 Å². The van der Waals surface area contributed by atoms with Crippen molar-refractivity contribution in [2.75, 3.05) is 6.54 Å². The monoisotopic (exact) mass is 406 g/mol. The van der Waals surface area contributed by atoms with E-state index in [0.29, 0.717) is 18.7 Å². The first-order valence-corrected chi connectivity index (χ1v) is 11.0. The van der Waals surface area contributed by atoms with Gasteiger partial charge in [0.1, 0.15) is 0 Å². The van der Waals surface area contributed by atoms with E-state index in [-0.39, 0.29) is 17.3 Å². The lowest BCUT2D eigenvalue weighted by molar-refractivity contribution is 0.0734. The lowest BCUT2D eigenvalue weighted by Crippen LogP contribution is -2.36. The summed E-state index contributed by atoms with van der Waals surface area (Å²) < 4.78 is 28.0. The molecule has 0 atom stereocenters. The fourth-order valence-electron chi connectivity index (χ4n) is 3.51. The molecule has 1 N–H and O–H groups in total. The quantitative estimate of drug-likeness (QED) is 0.707. The molecule has 3 aromatic carbocycles. The molecular formula is C23H22N2O3S. The van der Waals surface area contributed by atoms with E-state index in [9.17, 15) is 13.2 Å². The van der Waals surface area contributed by atoms with Crippen molar-refractivity contribution in [2.45, 2.75) is 24.4 Å². The van der Waals surface area contributed by atoms with E-state index in [2.05, 4.69) is 10.8 Å². The van der Waals surface area contributed by atoms with Crippen molar-refractivity contribution in [3.8, 4) is 0 Å². The van der Waals surface area contributed by atoms with Crippen molar-refractivity contribution in [1.82, 2.24) is 9.62 Å². The van der Waals surface area contributed by atoms with Gasteiger partial charge in [-0.25, -0.2) is 13.1 Å². The maximum Gasteiger partial charge on any atom is 0.254 e. The molecule has 0 radical (unpaired) electrons. The predicted molar refractivity (Wildman–Crippen MR) is 112 cm³/mol. The average molecular weight is 407 g/mol. The summed E-state index contributed by atoms with van der Waals surface area (Å²) in [6, 6.07) is 23.7. The first-order valence-electron chi connectivity index (χ1n) is 9.53. The Bertz CT molecular complexity index is 1130. The third-order valence-electron chi connectivity index (χ3n) is 5.12. The maximum absolute atomic E-state index is 13.0. The van der Waals surface area contributed by atoms with Crippen LogP contribution in [0.3, 0.4) is 0 Å². The van der Waals surface area contributed by atoms with Crippen molar-refractivity contribution in [3.63, 3.8) is 0 Å². The van der Waals surface area contributed by atoms with Gasteiger partial charge in [-0.15, -0.1) is 0 Å². The number of nitrogens with one attached hydrogen (secondary N) is 1. The summed E-state index contributed by atoms with van der Waals surface area (Å²) in [6.45, 7) is 1.36. The van der Waals surface area contributed by atoms with Gasteiger partial charge in [0.15, 0.2) is 0 Å². The normalized spacial score (nSPS) is 13.7. The summed E-state index contributed by atoms with van der Waals surface area (Å²) in [5.74, 6) is -0.153. The molecule has 0 unspecified atom stereocenters. The van der Waals surface area contributed by atoms with Crippen LogP contribution in [0.1, 0.15) is 27.0 Å². The van der Waals surface area contributed by atoms with Crippen LogP contribution in [0.15, 0.2) is 83.8 Å². The van der Waals surface area contributed by atoms with Crippen LogP contribution in [0.25, 0.3) is 0 Å². The fourth-order valence-corrected chi connectivity index (χ4v) is 4.57. The number of hydrogen-bond acceptors (Lipinski definition) is 3. The average Bonchev–Trinajstić information content (AvgIpc) is 2.78. The van der Waals surface area contributed by atoms with Crippen molar-refractivity contribution in [3.05, 3.63) is 101 Å². The van der Waals surface area contributed by atoms with E-state index in [1.54, 1.807) is 17.0 Å². The fraction of sp³-hybridized carbons (Fsp3) is 0.174. The number of rotatable bonds is 5. The zero-order valence-electron chi connectivity index (χ0n) is 15.9. The molecule has 29 heavy (non-hydrogen) atoms. The van der Waals surface area contributed by atoms with E-state index in [1.165, 1.54) is 17.7 Å². The molecule has 0 bridgehead atoms. The third kappa shape index (κ3) is 4.39. The van der Waals surface area contributed by atoms with Gasteiger partial charge in [0.2, 0.25) is 10.0 Å². The third-order valence-corrected chi connectivity index (χ3v) is 6.52. The summed E-state index contributed by atoms with van der Waals surface area (Å²) in [4.78, 5) is 14.8. The molecule has 1 heterocycles. The Hall–Kier alpha value is -2.96. The predicted octanol–water partition coefficient (Wildman–Crippen LogP) is 3.36. The molecule has 0 spiro atoms. The number of benzene rings is 3. The number of carbonyl (C=O) groups is 1. The minimum atomic E-state index is -3.71.